The van der Waals surface area contributed by atoms with Crippen molar-refractivity contribution in [2.75, 3.05) is 5.32 Å². The lowest BCUT2D eigenvalue weighted by Gasteiger charge is -2.09. The first-order valence-corrected chi connectivity index (χ1v) is 12.1. The molecule has 0 saturated heterocycles. The van der Waals surface area contributed by atoms with E-state index in [0.29, 0.717) is 22.3 Å². The summed E-state index contributed by atoms with van der Waals surface area (Å²) >= 11 is 6.64. The lowest BCUT2D eigenvalue weighted by Crippen LogP contribution is -2.11. The van der Waals surface area contributed by atoms with Gasteiger partial charge < -0.3 is 10.1 Å². The smallest absolute Gasteiger partial charge is 0.416 e. The van der Waals surface area contributed by atoms with Gasteiger partial charge in [-0.1, -0.05) is 41.7 Å². The molecular formula is C24H22F3N5OS2. The first-order chi connectivity index (χ1) is 16.9. The highest BCUT2D eigenvalue weighted by molar-refractivity contribution is 7.81. The lowest BCUT2D eigenvalue weighted by molar-refractivity contribution is -0.137. The Balaban J connectivity index is 1.21. The minimum Gasteiger partial charge on any atom is -0.487 e. The molecule has 1 N–H and O–H groups in total. The predicted octanol–water partition coefficient (Wildman–Crippen LogP) is 6.14. The zero-order chi connectivity index (χ0) is 24.7. The Morgan fingerprint density at radius 2 is 1.83 bits per heavy atom. The molecule has 2 aromatic carbocycles. The summed E-state index contributed by atoms with van der Waals surface area (Å²) in [6.45, 7) is 1.16. The molecule has 0 aliphatic rings. The van der Waals surface area contributed by atoms with Crippen molar-refractivity contribution in [2.45, 2.75) is 38.6 Å². The van der Waals surface area contributed by atoms with E-state index in [1.54, 1.807) is 6.20 Å². The van der Waals surface area contributed by atoms with Crippen molar-refractivity contribution in [1.82, 2.24) is 20.0 Å². The second-order valence-electron chi connectivity index (χ2n) is 7.73. The molecule has 0 bridgehead atoms. The highest BCUT2D eigenvalue weighted by Crippen LogP contribution is 2.29. The van der Waals surface area contributed by atoms with E-state index in [1.165, 1.54) is 29.0 Å². The molecule has 182 valence electrons. The molecule has 0 aliphatic heterocycles. The second-order valence-corrected chi connectivity index (χ2v) is 9.00. The van der Waals surface area contributed by atoms with Gasteiger partial charge in [-0.15, -0.1) is 16.4 Å². The van der Waals surface area contributed by atoms with Crippen LogP contribution in [0.1, 0.15) is 35.2 Å². The van der Waals surface area contributed by atoms with E-state index in [-0.39, 0.29) is 0 Å². The quantitative estimate of drug-likeness (QED) is 0.201. The van der Waals surface area contributed by atoms with Crippen LogP contribution in [0.4, 0.5) is 18.3 Å². The highest BCUT2D eigenvalue weighted by Gasteiger charge is 2.30. The number of hydrogen-bond acceptors (Lipinski definition) is 6. The summed E-state index contributed by atoms with van der Waals surface area (Å²) in [7, 11) is 0. The number of halogens is 3. The van der Waals surface area contributed by atoms with Gasteiger partial charge in [0.15, 0.2) is 5.13 Å². The summed E-state index contributed by atoms with van der Waals surface area (Å²) in [5.74, 6) is 0.749. The van der Waals surface area contributed by atoms with Crippen molar-refractivity contribution >= 4 is 33.7 Å². The summed E-state index contributed by atoms with van der Waals surface area (Å²) in [6, 6.07) is 12.7. The number of nitrogens with one attached hydrogen (secondary N) is 1. The third kappa shape index (κ3) is 7.33. The maximum absolute atomic E-state index is 12.7. The van der Waals surface area contributed by atoms with E-state index in [2.05, 4.69) is 32.7 Å². The topological polar surface area (TPSA) is 64.9 Å². The molecule has 0 radical (unpaired) electrons. The third-order valence-electron chi connectivity index (χ3n) is 5.13. The van der Waals surface area contributed by atoms with E-state index >= 15 is 0 Å². The number of aromatic nitrogens is 4. The van der Waals surface area contributed by atoms with Crippen LogP contribution in [0.5, 0.6) is 5.75 Å². The Morgan fingerprint density at radius 3 is 2.51 bits per heavy atom. The zero-order valence-electron chi connectivity index (χ0n) is 18.5. The Bertz CT molecular complexity index is 1220. The normalized spacial score (nSPS) is 11.4. The molecule has 0 fully saturated rings. The summed E-state index contributed by atoms with van der Waals surface area (Å²) in [4.78, 5) is 4.74. The fourth-order valence-electron chi connectivity index (χ4n) is 3.28. The van der Waals surface area contributed by atoms with Gasteiger partial charge in [0, 0.05) is 23.7 Å². The molecule has 4 aromatic rings. The van der Waals surface area contributed by atoms with Crippen LogP contribution in [-0.4, -0.2) is 25.0 Å². The first-order valence-electron chi connectivity index (χ1n) is 10.9. The fourth-order valence-corrected chi connectivity index (χ4v) is 4.27. The molecule has 35 heavy (non-hydrogen) atoms. The zero-order valence-corrected chi connectivity index (χ0v) is 20.2. The maximum Gasteiger partial charge on any atom is 0.416 e. The Morgan fingerprint density at radius 1 is 1.06 bits per heavy atom. The van der Waals surface area contributed by atoms with Crippen molar-refractivity contribution in [3.05, 3.63) is 88.7 Å². The maximum atomic E-state index is 12.7. The van der Waals surface area contributed by atoms with Crippen molar-refractivity contribution in [1.29, 1.82) is 0 Å². The van der Waals surface area contributed by atoms with E-state index in [4.69, 9.17) is 17.0 Å². The van der Waals surface area contributed by atoms with Gasteiger partial charge in [-0.2, -0.15) is 13.2 Å². The number of alkyl halides is 3. The number of nitrogens with zero attached hydrogens (tertiary/aromatic N) is 4. The van der Waals surface area contributed by atoms with E-state index in [9.17, 15) is 13.2 Å². The number of benzene rings is 2. The molecule has 11 heteroatoms. The van der Waals surface area contributed by atoms with E-state index < -0.39 is 11.7 Å². The standard InChI is InChI=1S/C24H22F3N5OS2/c25-24(26,27)19-8-6-18(7-9-19)22(34)30-23-29-20(16-35-23)15-33-21-10-4-17(5-11-21)3-1-2-13-32-14-12-28-31-32/h4-12,14,16H,1-3,13,15H2,(H,29,30,34). The van der Waals surface area contributed by atoms with Gasteiger partial charge in [0.1, 0.15) is 17.3 Å². The van der Waals surface area contributed by atoms with Gasteiger partial charge in [-0.25, -0.2) is 4.98 Å². The summed E-state index contributed by atoms with van der Waals surface area (Å²) in [5, 5.41) is 13.1. The van der Waals surface area contributed by atoms with Crippen LogP contribution in [-0.2, 0) is 25.7 Å². The highest BCUT2D eigenvalue weighted by atomic mass is 32.1. The number of aryl methyl sites for hydroxylation is 2. The van der Waals surface area contributed by atoms with Gasteiger partial charge in [0.2, 0.25) is 0 Å². The molecule has 4 rings (SSSR count). The Labute approximate surface area is 209 Å². The van der Waals surface area contributed by atoms with Gasteiger partial charge in [-0.05, 0) is 49.1 Å². The minimum absolute atomic E-state index is 0.294. The molecule has 0 spiro atoms. The van der Waals surface area contributed by atoms with Crippen LogP contribution in [0.3, 0.4) is 0 Å². The summed E-state index contributed by atoms with van der Waals surface area (Å²) in [6.07, 6.45) is 2.24. The second kappa shape index (κ2) is 11.4. The largest absolute Gasteiger partial charge is 0.487 e. The molecule has 0 atom stereocenters. The van der Waals surface area contributed by atoms with Crippen molar-refractivity contribution in [2.24, 2.45) is 0 Å². The third-order valence-corrected chi connectivity index (χ3v) is 6.28. The number of thiocarbonyl (C=S) groups is 1. The number of hydrogen-bond donors (Lipinski definition) is 1. The lowest BCUT2D eigenvalue weighted by atomic mass is 10.1. The first kappa shape index (κ1) is 24.8. The molecule has 0 saturated carbocycles. The van der Waals surface area contributed by atoms with Crippen LogP contribution < -0.4 is 10.1 Å². The number of thiazole rings is 1. The van der Waals surface area contributed by atoms with Crippen LogP contribution >= 0.6 is 23.6 Å². The summed E-state index contributed by atoms with van der Waals surface area (Å²) < 4.78 is 45.8. The van der Waals surface area contributed by atoms with Gasteiger partial charge >= 0.3 is 6.18 Å². The molecule has 6 nitrogen and oxygen atoms in total. The SMILES string of the molecule is FC(F)(F)c1ccc(C(=S)Nc2nc(COc3ccc(CCCCn4ccnn4)cc3)cs2)cc1. The summed E-state index contributed by atoms with van der Waals surface area (Å²) in [5.41, 5.74) is 1.74. The Kier molecular flexibility index (Phi) is 8.09. The predicted molar refractivity (Wildman–Crippen MR) is 133 cm³/mol. The number of unbranched alkanes of at least 4 members (excludes halogenated alkanes) is 1. The monoisotopic (exact) mass is 517 g/mol. The number of anilines is 1. The number of rotatable bonds is 10. The van der Waals surface area contributed by atoms with E-state index in [1.807, 2.05) is 28.4 Å². The van der Waals surface area contributed by atoms with Gasteiger partial charge in [-0.3, -0.25) is 4.68 Å². The molecule has 0 amide bonds. The molecule has 2 heterocycles. The van der Waals surface area contributed by atoms with Gasteiger partial charge in [0.25, 0.3) is 0 Å². The molecule has 2 aromatic heterocycles. The Hall–Kier alpha value is -3.31. The van der Waals surface area contributed by atoms with Crippen molar-refractivity contribution < 1.29 is 17.9 Å². The van der Waals surface area contributed by atoms with Crippen molar-refractivity contribution in [3.8, 4) is 5.75 Å². The minimum atomic E-state index is -4.38. The van der Waals surface area contributed by atoms with Crippen molar-refractivity contribution in [3.63, 3.8) is 0 Å². The number of ether oxygens (including phenoxy) is 1. The molecule has 0 unspecified atom stereocenters. The average molecular weight is 518 g/mol. The van der Waals surface area contributed by atoms with Crippen LogP contribution in [0.15, 0.2) is 66.3 Å². The van der Waals surface area contributed by atoms with Gasteiger partial charge in [0.05, 0.1) is 17.5 Å². The van der Waals surface area contributed by atoms with Crippen LogP contribution in [0.2, 0.25) is 0 Å². The van der Waals surface area contributed by atoms with Crippen LogP contribution in [0, 0.1) is 0 Å². The average Bonchev–Trinajstić information content (AvgIpc) is 3.53. The fraction of sp³-hybridized carbons (Fsp3) is 0.250. The molecule has 0 aliphatic carbocycles. The van der Waals surface area contributed by atoms with Crippen LogP contribution in [0.25, 0.3) is 0 Å². The van der Waals surface area contributed by atoms with E-state index in [0.717, 1.165) is 49.4 Å². The molecular weight excluding hydrogens is 495 g/mol.